The van der Waals surface area contributed by atoms with Crippen LogP contribution in [0, 0.1) is 5.92 Å². The van der Waals surface area contributed by atoms with Gasteiger partial charge in [-0.3, -0.25) is 0 Å². The van der Waals surface area contributed by atoms with Gasteiger partial charge >= 0.3 is 0 Å². The molecule has 0 unspecified atom stereocenters. The molecular formula is C18H36. The van der Waals surface area contributed by atoms with Gasteiger partial charge < -0.3 is 0 Å². The van der Waals surface area contributed by atoms with E-state index in [2.05, 4.69) is 79.7 Å². The highest BCUT2D eigenvalue weighted by Gasteiger charge is 1.76. The van der Waals surface area contributed by atoms with Crippen LogP contribution in [0.25, 0.3) is 0 Å². The van der Waals surface area contributed by atoms with E-state index in [1.165, 1.54) is 24.0 Å². The van der Waals surface area contributed by atoms with E-state index in [1.54, 1.807) is 0 Å². The Balaban J connectivity index is -0.000000187. The maximum absolute atomic E-state index is 2.21. The van der Waals surface area contributed by atoms with Crippen LogP contribution in [0.3, 0.4) is 0 Å². The number of allylic oxidation sites excluding steroid dienone is 6. The topological polar surface area (TPSA) is 0 Å². The van der Waals surface area contributed by atoms with Crippen LogP contribution in [0.1, 0.15) is 75.2 Å². The molecule has 108 valence electrons. The van der Waals surface area contributed by atoms with Gasteiger partial charge in [0.05, 0.1) is 0 Å². The van der Waals surface area contributed by atoms with E-state index in [-0.39, 0.29) is 0 Å². The fourth-order valence-electron chi connectivity index (χ4n) is 0.997. The summed E-state index contributed by atoms with van der Waals surface area (Å²) < 4.78 is 0. The summed E-state index contributed by atoms with van der Waals surface area (Å²) in [6, 6.07) is 0. The van der Waals surface area contributed by atoms with Crippen molar-refractivity contribution in [2.24, 2.45) is 5.92 Å². The SMILES string of the molecule is CC=C(C)CC.CC=CC(C)C.CCC=C(C)C. The van der Waals surface area contributed by atoms with Crippen LogP contribution >= 0.6 is 0 Å². The van der Waals surface area contributed by atoms with Crippen molar-refractivity contribution in [1.29, 1.82) is 0 Å². The predicted molar refractivity (Wildman–Crippen MR) is 89.1 cm³/mol. The van der Waals surface area contributed by atoms with Crippen molar-refractivity contribution in [2.45, 2.75) is 75.2 Å². The highest BCUT2D eigenvalue weighted by molar-refractivity contribution is 4.93. The van der Waals surface area contributed by atoms with Crippen molar-refractivity contribution in [2.75, 3.05) is 0 Å². The molecule has 0 heteroatoms. The fraction of sp³-hybridized carbons (Fsp3) is 0.667. The molecular weight excluding hydrogens is 216 g/mol. The molecule has 0 amide bonds. The zero-order valence-corrected chi connectivity index (χ0v) is 14.3. The molecule has 0 spiro atoms. The summed E-state index contributed by atoms with van der Waals surface area (Å²) in [4.78, 5) is 0. The van der Waals surface area contributed by atoms with Gasteiger partial charge in [-0.25, -0.2) is 0 Å². The first-order chi connectivity index (χ1) is 8.35. The monoisotopic (exact) mass is 252 g/mol. The normalized spacial score (nSPS) is 10.4. The highest BCUT2D eigenvalue weighted by atomic mass is 13.8. The maximum Gasteiger partial charge on any atom is -0.0291 e. The van der Waals surface area contributed by atoms with Gasteiger partial charge in [0.25, 0.3) is 0 Å². The van der Waals surface area contributed by atoms with E-state index in [1.807, 2.05) is 6.92 Å². The first-order valence-corrected chi connectivity index (χ1v) is 7.23. The molecule has 0 aromatic heterocycles. The predicted octanol–water partition coefficient (Wildman–Crippen LogP) is 6.94. The molecule has 0 aliphatic carbocycles. The smallest absolute Gasteiger partial charge is 0.0291 e. The molecule has 0 rings (SSSR count). The van der Waals surface area contributed by atoms with Gasteiger partial charge in [0.1, 0.15) is 0 Å². The molecule has 0 saturated carbocycles. The van der Waals surface area contributed by atoms with Crippen molar-refractivity contribution < 1.29 is 0 Å². The first-order valence-electron chi connectivity index (χ1n) is 7.23. The molecule has 0 saturated heterocycles. The lowest BCUT2D eigenvalue weighted by molar-refractivity contribution is 0.830. The van der Waals surface area contributed by atoms with E-state index in [0.717, 1.165) is 5.92 Å². The standard InChI is InChI=1S/3C6H12/c2*1-4-5-6(2)3;1-4-6(3)5-2/h5H,4H2,1-3H3;4-6H,1-3H3;4H,5H2,1-3H3. The average molecular weight is 252 g/mol. The molecule has 0 N–H and O–H groups in total. The second kappa shape index (κ2) is 18.6. The molecule has 0 aromatic carbocycles. The number of hydrogen-bond donors (Lipinski definition) is 0. The molecule has 0 bridgehead atoms. The van der Waals surface area contributed by atoms with Gasteiger partial charge in [0, 0.05) is 0 Å². The van der Waals surface area contributed by atoms with Gasteiger partial charge in [-0.1, -0.05) is 63.1 Å². The third-order valence-corrected chi connectivity index (χ3v) is 2.24. The van der Waals surface area contributed by atoms with E-state index < -0.39 is 0 Å². The van der Waals surface area contributed by atoms with E-state index >= 15 is 0 Å². The maximum atomic E-state index is 2.21. The molecule has 0 heterocycles. The molecule has 0 fully saturated rings. The average Bonchev–Trinajstić information content (AvgIpc) is 2.29. The van der Waals surface area contributed by atoms with E-state index in [9.17, 15) is 0 Å². The molecule has 0 aromatic rings. The molecule has 18 heavy (non-hydrogen) atoms. The van der Waals surface area contributed by atoms with Gasteiger partial charge in [0.15, 0.2) is 0 Å². The highest BCUT2D eigenvalue weighted by Crippen LogP contribution is 1.94. The van der Waals surface area contributed by atoms with Gasteiger partial charge in [0.2, 0.25) is 0 Å². The zero-order chi connectivity index (χ0) is 15.0. The van der Waals surface area contributed by atoms with Crippen LogP contribution in [0.2, 0.25) is 0 Å². The molecule has 0 aliphatic rings. The molecule has 0 radical (unpaired) electrons. The Labute approximate surface area is 117 Å². The number of rotatable bonds is 3. The second-order valence-electron chi connectivity index (χ2n) is 4.95. The summed E-state index contributed by atoms with van der Waals surface area (Å²) >= 11 is 0. The Morgan fingerprint density at radius 1 is 1.00 bits per heavy atom. The third-order valence-electron chi connectivity index (χ3n) is 2.24. The summed E-state index contributed by atoms with van der Waals surface area (Å²) in [5.74, 6) is 0.718. The second-order valence-corrected chi connectivity index (χ2v) is 4.95. The van der Waals surface area contributed by atoms with Gasteiger partial charge in [-0.2, -0.15) is 0 Å². The van der Waals surface area contributed by atoms with Crippen LogP contribution in [0.5, 0.6) is 0 Å². The summed E-state index contributed by atoms with van der Waals surface area (Å²) in [7, 11) is 0. The first kappa shape index (κ1) is 22.4. The lowest BCUT2D eigenvalue weighted by Crippen LogP contribution is -1.73. The summed E-state index contributed by atoms with van der Waals surface area (Å²) in [5, 5.41) is 0. The fourth-order valence-corrected chi connectivity index (χ4v) is 0.997. The minimum Gasteiger partial charge on any atom is -0.0914 e. The summed E-state index contributed by atoms with van der Waals surface area (Å²) in [6.07, 6.45) is 10.9. The number of hydrogen-bond acceptors (Lipinski definition) is 0. The summed E-state index contributed by atoms with van der Waals surface area (Å²) in [6.45, 7) is 19.1. The van der Waals surface area contributed by atoms with Gasteiger partial charge in [-0.15, -0.1) is 0 Å². The lowest BCUT2D eigenvalue weighted by atomic mass is 10.2. The largest absolute Gasteiger partial charge is 0.0914 e. The van der Waals surface area contributed by atoms with Crippen LogP contribution in [0.4, 0.5) is 0 Å². The third kappa shape index (κ3) is 36.2. The van der Waals surface area contributed by atoms with Crippen LogP contribution in [-0.4, -0.2) is 0 Å². The quantitative estimate of drug-likeness (QED) is 0.477. The lowest BCUT2D eigenvalue weighted by Gasteiger charge is -1.86. The Morgan fingerprint density at radius 2 is 1.50 bits per heavy atom. The Bertz CT molecular complexity index is 222. The van der Waals surface area contributed by atoms with Crippen molar-refractivity contribution in [1.82, 2.24) is 0 Å². The van der Waals surface area contributed by atoms with Crippen molar-refractivity contribution in [3.8, 4) is 0 Å². The summed E-state index contributed by atoms with van der Waals surface area (Å²) in [5.41, 5.74) is 2.88. The van der Waals surface area contributed by atoms with Crippen LogP contribution in [0.15, 0.2) is 35.5 Å². The van der Waals surface area contributed by atoms with Crippen LogP contribution < -0.4 is 0 Å². The molecule has 0 atom stereocenters. The molecule has 0 aliphatic heterocycles. The van der Waals surface area contributed by atoms with Crippen molar-refractivity contribution in [3.05, 3.63) is 35.5 Å². The van der Waals surface area contributed by atoms with Crippen molar-refractivity contribution in [3.63, 3.8) is 0 Å². The van der Waals surface area contributed by atoms with E-state index in [0.29, 0.717) is 0 Å². The van der Waals surface area contributed by atoms with E-state index in [4.69, 9.17) is 0 Å². The van der Waals surface area contributed by atoms with Gasteiger partial charge in [-0.05, 0) is 53.4 Å². The minimum atomic E-state index is 0.718. The Morgan fingerprint density at radius 3 is 1.50 bits per heavy atom. The minimum absolute atomic E-state index is 0.718. The van der Waals surface area contributed by atoms with Crippen molar-refractivity contribution >= 4 is 0 Å². The molecule has 0 nitrogen and oxygen atoms in total. The Kier molecular flexibility index (Phi) is 23.1. The zero-order valence-electron chi connectivity index (χ0n) is 14.3. The Hall–Kier alpha value is -0.780. The van der Waals surface area contributed by atoms with Crippen LogP contribution in [-0.2, 0) is 0 Å².